The first-order chi connectivity index (χ1) is 22.5. The largest absolute Gasteiger partial charge is 0.489 e. The van der Waals surface area contributed by atoms with E-state index in [-0.39, 0.29) is 37.8 Å². The van der Waals surface area contributed by atoms with E-state index in [0.717, 1.165) is 34.7 Å². The van der Waals surface area contributed by atoms with Crippen LogP contribution in [0.5, 0.6) is 5.75 Å². The van der Waals surface area contributed by atoms with Crippen LogP contribution in [0.1, 0.15) is 61.1 Å². The monoisotopic (exact) mass is 690 g/mol. The minimum atomic E-state index is -1.32. The van der Waals surface area contributed by atoms with Gasteiger partial charge in [-0.1, -0.05) is 44.7 Å². The molecule has 1 amide bonds. The molecule has 3 aromatic carbocycles. The molecule has 262 valence electrons. The third-order valence-electron chi connectivity index (χ3n) is 8.87. The molecule has 0 aliphatic carbocycles. The lowest BCUT2D eigenvalue weighted by Gasteiger charge is -2.40. The number of rotatable bonds is 11. The van der Waals surface area contributed by atoms with E-state index in [2.05, 4.69) is 6.92 Å². The first-order valence-corrected chi connectivity index (χ1v) is 17.0. The Morgan fingerprint density at radius 1 is 0.979 bits per heavy atom. The number of nitrogens with zero attached hydrogens (tertiary/aromatic N) is 1. The normalized spacial score (nSPS) is 24.6. The van der Waals surface area contributed by atoms with Crippen molar-refractivity contribution in [2.45, 2.75) is 88.5 Å². The van der Waals surface area contributed by atoms with Gasteiger partial charge in [0.05, 0.1) is 6.54 Å². The van der Waals surface area contributed by atoms with Gasteiger partial charge in [-0.15, -0.1) is 11.8 Å². The van der Waals surface area contributed by atoms with Gasteiger partial charge in [-0.2, -0.15) is 0 Å². The topological polar surface area (TPSA) is 125 Å². The Hall–Kier alpha value is -3.13. The van der Waals surface area contributed by atoms with Crippen molar-refractivity contribution in [2.24, 2.45) is 5.73 Å². The van der Waals surface area contributed by atoms with Gasteiger partial charge < -0.3 is 35.4 Å². The van der Waals surface area contributed by atoms with E-state index in [1.165, 1.54) is 11.8 Å². The van der Waals surface area contributed by atoms with Crippen molar-refractivity contribution in [3.05, 3.63) is 99.9 Å². The molecular formula is C36H45F3N2O6S. The lowest BCUT2D eigenvalue weighted by molar-refractivity contribution is -0.200. The number of aryl methyl sites for hydroxylation is 1. The van der Waals surface area contributed by atoms with Crippen LogP contribution in [-0.2, 0) is 28.8 Å². The fourth-order valence-electron chi connectivity index (χ4n) is 6.23. The summed E-state index contributed by atoms with van der Waals surface area (Å²) >= 11 is 1.28. The van der Waals surface area contributed by atoms with E-state index < -0.39 is 53.3 Å². The summed E-state index contributed by atoms with van der Waals surface area (Å²) in [5, 5.41) is 31.3. The second kappa shape index (κ2) is 16.5. The minimum absolute atomic E-state index is 0. The lowest BCUT2D eigenvalue weighted by atomic mass is 9.90. The Balaban J connectivity index is 0.00000520. The Morgan fingerprint density at radius 2 is 1.69 bits per heavy atom. The van der Waals surface area contributed by atoms with Crippen LogP contribution in [0.25, 0.3) is 0 Å². The average Bonchev–Trinajstić information content (AvgIpc) is 3.52. The standard InChI is InChI=1S/C35H41F3N2O6S.CH4/c1-3-20-6-7-21(34-32(43)31(42)33(44)35(46-34)47-2)13-22(20)12-19-4-8-25(9-5-19)45-26-10-11-40(18-26)30(41)16-24(39)14-23-15-28(37)29(38)17-27(23)36;/h4-9,13,15,17,24,26,31-35,42-44H,3,10-12,14,16,18,39H2,1-2H3;1H4/t24-,26+,31-,32-,33+,34+,35-;/m1./s1. The fraction of sp³-hybridized carbons (Fsp3) is 0.472. The Morgan fingerprint density at radius 3 is 2.38 bits per heavy atom. The van der Waals surface area contributed by atoms with Crippen LogP contribution in [0.15, 0.2) is 54.6 Å². The number of hydrogen-bond acceptors (Lipinski definition) is 8. The number of benzene rings is 3. The number of carbonyl (C=O) groups is 1. The molecule has 7 atom stereocenters. The smallest absolute Gasteiger partial charge is 0.224 e. The highest BCUT2D eigenvalue weighted by molar-refractivity contribution is 7.99. The molecule has 2 fully saturated rings. The highest BCUT2D eigenvalue weighted by atomic mass is 32.2. The van der Waals surface area contributed by atoms with Crippen molar-refractivity contribution < 1.29 is 42.8 Å². The zero-order chi connectivity index (χ0) is 33.8. The number of aliphatic hydroxyl groups excluding tert-OH is 3. The summed E-state index contributed by atoms with van der Waals surface area (Å²) < 4.78 is 52.9. The summed E-state index contributed by atoms with van der Waals surface area (Å²) in [6.45, 7) is 2.93. The van der Waals surface area contributed by atoms with Crippen LogP contribution in [-0.4, -0.2) is 81.4 Å². The summed E-state index contributed by atoms with van der Waals surface area (Å²) in [4.78, 5) is 14.5. The number of halogens is 3. The zero-order valence-electron chi connectivity index (χ0n) is 26.3. The molecule has 5 rings (SSSR count). The van der Waals surface area contributed by atoms with Gasteiger partial charge >= 0.3 is 0 Å². The first kappa shape index (κ1) is 37.7. The predicted octanol–water partition coefficient (Wildman–Crippen LogP) is 4.68. The summed E-state index contributed by atoms with van der Waals surface area (Å²) in [5.74, 6) is -2.88. The van der Waals surface area contributed by atoms with Gasteiger partial charge in [0.1, 0.15) is 47.5 Å². The van der Waals surface area contributed by atoms with Crippen molar-refractivity contribution >= 4 is 17.7 Å². The Bertz CT molecular complexity index is 1540. The Labute approximate surface area is 284 Å². The van der Waals surface area contributed by atoms with Crippen molar-refractivity contribution in [1.29, 1.82) is 0 Å². The van der Waals surface area contributed by atoms with E-state index in [1.807, 2.05) is 42.5 Å². The molecule has 2 saturated heterocycles. The highest BCUT2D eigenvalue weighted by Gasteiger charge is 2.44. The quantitative estimate of drug-likeness (QED) is 0.214. The van der Waals surface area contributed by atoms with Crippen LogP contribution in [0, 0.1) is 17.5 Å². The maximum Gasteiger partial charge on any atom is 0.224 e. The first-order valence-electron chi connectivity index (χ1n) is 15.7. The number of nitrogens with two attached hydrogens (primary N) is 1. The highest BCUT2D eigenvalue weighted by Crippen LogP contribution is 2.37. The van der Waals surface area contributed by atoms with Gasteiger partial charge in [0.2, 0.25) is 5.91 Å². The number of hydrogen-bond donors (Lipinski definition) is 4. The number of likely N-dealkylation sites (tertiary alicyclic amines) is 1. The molecule has 2 heterocycles. The molecule has 0 bridgehead atoms. The van der Waals surface area contributed by atoms with Crippen molar-refractivity contribution in [1.82, 2.24) is 4.90 Å². The summed E-state index contributed by atoms with van der Waals surface area (Å²) in [6.07, 6.45) is -1.07. The van der Waals surface area contributed by atoms with Crippen LogP contribution in [0.2, 0.25) is 0 Å². The van der Waals surface area contributed by atoms with Crippen molar-refractivity contribution in [3.8, 4) is 5.75 Å². The van der Waals surface area contributed by atoms with Gasteiger partial charge in [0.25, 0.3) is 0 Å². The molecule has 0 unspecified atom stereocenters. The second-order valence-electron chi connectivity index (χ2n) is 12.2. The molecule has 0 spiro atoms. The van der Waals surface area contributed by atoms with E-state index in [0.29, 0.717) is 37.7 Å². The molecule has 12 heteroatoms. The summed E-state index contributed by atoms with van der Waals surface area (Å²) in [7, 11) is 0. The van der Waals surface area contributed by atoms with Gasteiger partial charge in [-0.3, -0.25) is 4.79 Å². The molecule has 0 radical (unpaired) electrons. The summed E-state index contributed by atoms with van der Waals surface area (Å²) in [6, 6.07) is 14.1. The average molecular weight is 691 g/mol. The van der Waals surface area contributed by atoms with Gasteiger partial charge in [0.15, 0.2) is 11.6 Å². The number of aliphatic hydroxyl groups is 3. The van der Waals surface area contributed by atoms with Crippen LogP contribution >= 0.6 is 11.8 Å². The molecule has 0 saturated carbocycles. The number of amides is 1. The maximum absolute atomic E-state index is 14.0. The van der Waals surface area contributed by atoms with Crippen LogP contribution in [0.3, 0.4) is 0 Å². The third-order valence-corrected chi connectivity index (χ3v) is 9.72. The van der Waals surface area contributed by atoms with Crippen LogP contribution < -0.4 is 10.5 Å². The molecule has 2 aliphatic rings. The Kier molecular flexibility index (Phi) is 13.0. The van der Waals surface area contributed by atoms with Gasteiger partial charge in [-0.05, 0) is 71.5 Å². The lowest BCUT2D eigenvalue weighted by Crippen LogP contribution is -2.52. The van der Waals surface area contributed by atoms with Gasteiger partial charge in [-0.25, -0.2) is 13.2 Å². The van der Waals surface area contributed by atoms with Crippen molar-refractivity contribution in [3.63, 3.8) is 0 Å². The van der Waals surface area contributed by atoms with E-state index >= 15 is 0 Å². The second-order valence-corrected chi connectivity index (χ2v) is 13.2. The third kappa shape index (κ3) is 8.71. The molecule has 8 nitrogen and oxygen atoms in total. The molecular weight excluding hydrogens is 645 g/mol. The predicted molar refractivity (Wildman–Crippen MR) is 179 cm³/mol. The zero-order valence-corrected chi connectivity index (χ0v) is 27.1. The van der Waals surface area contributed by atoms with Gasteiger partial charge in [0, 0.05) is 31.5 Å². The van der Waals surface area contributed by atoms with Crippen LogP contribution in [0.4, 0.5) is 13.2 Å². The SMILES string of the molecule is C.CCc1ccc([C@@H]2O[C@H](SC)[C@@H](O)[C@H](O)[C@H]2O)cc1Cc1ccc(O[C@H]2CCN(C(=O)C[C@H](N)Cc3cc(F)c(F)cc3F)C2)cc1. The molecule has 3 aromatic rings. The van der Waals surface area contributed by atoms with Crippen molar-refractivity contribution in [2.75, 3.05) is 19.3 Å². The number of ether oxygens (including phenoxy) is 2. The van der Waals surface area contributed by atoms with E-state index in [4.69, 9.17) is 15.2 Å². The fourth-order valence-corrected chi connectivity index (χ4v) is 6.90. The molecule has 0 aromatic heterocycles. The number of thioether (sulfide) groups is 1. The number of carbonyl (C=O) groups excluding carboxylic acids is 1. The van der Waals surface area contributed by atoms with E-state index in [1.54, 1.807) is 11.2 Å². The molecule has 5 N–H and O–H groups in total. The molecule has 2 aliphatic heterocycles. The summed E-state index contributed by atoms with van der Waals surface area (Å²) in [5.41, 5.74) is 9.30. The maximum atomic E-state index is 14.0. The minimum Gasteiger partial charge on any atom is -0.489 e. The molecule has 48 heavy (non-hydrogen) atoms. The van der Waals surface area contributed by atoms with E-state index in [9.17, 15) is 33.3 Å².